The highest BCUT2D eigenvalue weighted by molar-refractivity contribution is 5.96. The molecule has 0 heterocycles. The van der Waals surface area contributed by atoms with E-state index in [9.17, 15) is 14.7 Å². The Kier molecular flexibility index (Phi) is 3.70. The summed E-state index contributed by atoms with van der Waals surface area (Å²) in [4.78, 5) is 22.4. The Morgan fingerprint density at radius 3 is 2.55 bits per heavy atom. The smallest absolute Gasteiger partial charge is 0.337 e. The van der Waals surface area contributed by atoms with Crippen LogP contribution in [-0.2, 0) is 0 Å². The lowest BCUT2D eigenvalue weighted by molar-refractivity contribution is 0.0697. The number of hydrogen-bond donors (Lipinski definition) is 3. The van der Waals surface area contributed by atoms with Gasteiger partial charge in [-0.2, -0.15) is 0 Å². The van der Waals surface area contributed by atoms with Crippen LogP contribution in [0.3, 0.4) is 0 Å². The summed E-state index contributed by atoms with van der Waals surface area (Å²) in [5, 5.41) is 12.2. The second-order valence-corrected chi connectivity index (χ2v) is 4.42. The fourth-order valence-corrected chi connectivity index (χ4v) is 1.85. The molecule has 0 spiro atoms. The summed E-state index contributed by atoms with van der Waals surface area (Å²) in [7, 11) is 0. The minimum absolute atomic E-state index is 0.175. The van der Waals surface area contributed by atoms with Gasteiger partial charge in [0, 0.05) is 11.3 Å². The Bertz CT molecular complexity index is 681. The molecule has 0 saturated heterocycles. The number of carboxylic acid groups (broad SMARTS) is 1. The van der Waals surface area contributed by atoms with Crippen LogP contribution in [0.1, 0.15) is 26.3 Å². The number of nitrogens with two attached hydrogens (primary N) is 1. The molecule has 0 unspecified atom stereocenters. The van der Waals surface area contributed by atoms with E-state index in [0.29, 0.717) is 16.9 Å². The van der Waals surface area contributed by atoms with Crippen LogP contribution in [-0.4, -0.2) is 17.0 Å². The number of aromatic carboxylic acids is 1. The number of aryl methyl sites for hydroxylation is 1. The van der Waals surface area contributed by atoms with Gasteiger partial charge in [-0.1, -0.05) is 17.7 Å². The van der Waals surface area contributed by atoms with Crippen molar-refractivity contribution in [2.24, 2.45) is 5.73 Å². The molecule has 20 heavy (non-hydrogen) atoms. The van der Waals surface area contributed by atoms with Crippen molar-refractivity contribution >= 4 is 23.3 Å². The van der Waals surface area contributed by atoms with Crippen molar-refractivity contribution in [3.63, 3.8) is 0 Å². The average molecular weight is 270 g/mol. The number of hydrogen-bond acceptors (Lipinski definition) is 3. The lowest BCUT2D eigenvalue weighted by Crippen LogP contribution is -2.11. The Balaban J connectivity index is 2.37. The number of carboxylic acids is 1. The zero-order valence-electron chi connectivity index (χ0n) is 10.9. The van der Waals surface area contributed by atoms with E-state index in [1.54, 1.807) is 36.4 Å². The first-order valence-electron chi connectivity index (χ1n) is 5.98. The summed E-state index contributed by atoms with van der Waals surface area (Å²) < 4.78 is 0. The number of carbonyl (C=O) groups excluding carboxylic acids is 1. The summed E-state index contributed by atoms with van der Waals surface area (Å²) in [5.74, 6) is -1.54. The number of nitrogens with one attached hydrogen (secondary N) is 1. The van der Waals surface area contributed by atoms with E-state index < -0.39 is 11.9 Å². The molecule has 0 atom stereocenters. The van der Waals surface area contributed by atoms with Crippen LogP contribution in [0, 0.1) is 6.92 Å². The number of anilines is 2. The topological polar surface area (TPSA) is 92.4 Å². The van der Waals surface area contributed by atoms with Gasteiger partial charge in [-0.15, -0.1) is 0 Å². The summed E-state index contributed by atoms with van der Waals surface area (Å²) in [6.07, 6.45) is 0. The molecule has 5 heteroatoms. The first kappa shape index (κ1) is 13.6. The van der Waals surface area contributed by atoms with Crippen molar-refractivity contribution in [1.82, 2.24) is 0 Å². The highest BCUT2D eigenvalue weighted by Gasteiger charge is 2.11. The fourth-order valence-electron chi connectivity index (χ4n) is 1.85. The Morgan fingerprint density at radius 1 is 1.15 bits per heavy atom. The minimum atomic E-state index is -1.01. The third-order valence-electron chi connectivity index (χ3n) is 2.83. The first-order valence-corrected chi connectivity index (χ1v) is 5.98. The predicted octanol–water partition coefficient (Wildman–Crippen LogP) is 2.54. The molecular weight excluding hydrogens is 256 g/mol. The summed E-state index contributed by atoms with van der Waals surface area (Å²) >= 11 is 0. The molecule has 102 valence electrons. The molecule has 2 aromatic carbocycles. The SMILES string of the molecule is Cc1ccc(Nc2cccc(C(N)=O)c2)c(C(=O)O)c1. The van der Waals surface area contributed by atoms with E-state index in [1.165, 1.54) is 0 Å². The zero-order valence-corrected chi connectivity index (χ0v) is 10.9. The number of amides is 1. The minimum Gasteiger partial charge on any atom is -0.478 e. The maximum atomic E-state index is 11.2. The van der Waals surface area contributed by atoms with Gasteiger partial charge in [0.2, 0.25) is 5.91 Å². The van der Waals surface area contributed by atoms with Crippen molar-refractivity contribution in [2.75, 3.05) is 5.32 Å². The molecule has 0 bridgehead atoms. The normalized spacial score (nSPS) is 10.1. The monoisotopic (exact) mass is 270 g/mol. The molecule has 2 rings (SSSR count). The Hall–Kier alpha value is -2.82. The summed E-state index contributed by atoms with van der Waals surface area (Å²) in [6, 6.07) is 11.7. The van der Waals surface area contributed by atoms with Crippen LogP contribution < -0.4 is 11.1 Å². The van der Waals surface area contributed by atoms with Gasteiger partial charge in [0.15, 0.2) is 0 Å². The van der Waals surface area contributed by atoms with Gasteiger partial charge in [-0.25, -0.2) is 4.79 Å². The van der Waals surface area contributed by atoms with E-state index in [1.807, 2.05) is 13.0 Å². The van der Waals surface area contributed by atoms with E-state index in [0.717, 1.165) is 5.56 Å². The zero-order chi connectivity index (χ0) is 14.7. The Morgan fingerprint density at radius 2 is 1.90 bits per heavy atom. The van der Waals surface area contributed by atoms with Crippen LogP contribution in [0.2, 0.25) is 0 Å². The lowest BCUT2D eigenvalue weighted by atomic mass is 10.1. The van der Waals surface area contributed by atoms with Crippen molar-refractivity contribution in [3.05, 3.63) is 59.2 Å². The molecule has 0 radical (unpaired) electrons. The molecule has 0 aliphatic heterocycles. The van der Waals surface area contributed by atoms with Gasteiger partial charge in [0.1, 0.15) is 0 Å². The van der Waals surface area contributed by atoms with E-state index in [2.05, 4.69) is 5.32 Å². The molecule has 0 aliphatic rings. The number of primary amides is 1. The molecular formula is C15H14N2O3. The van der Waals surface area contributed by atoms with Gasteiger partial charge >= 0.3 is 5.97 Å². The molecule has 0 fully saturated rings. The fraction of sp³-hybridized carbons (Fsp3) is 0.0667. The first-order chi connectivity index (χ1) is 9.47. The van der Waals surface area contributed by atoms with Crippen LogP contribution in [0.4, 0.5) is 11.4 Å². The molecule has 2 aromatic rings. The van der Waals surface area contributed by atoms with Crippen molar-refractivity contribution < 1.29 is 14.7 Å². The standard InChI is InChI=1S/C15H14N2O3/c1-9-5-6-13(12(7-9)15(19)20)17-11-4-2-3-10(8-11)14(16)18/h2-8,17H,1H3,(H2,16,18)(H,19,20). The molecule has 5 nitrogen and oxygen atoms in total. The highest BCUT2D eigenvalue weighted by Crippen LogP contribution is 2.23. The van der Waals surface area contributed by atoms with Gasteiger partial charge < -0.3 is 16.2 Å². The average Bonchev–Trinajstić information content (AvgIpc) is 2.41. The molecule has 0 aromatic heterocycles. The molecule has 1 amide bonds. The van der Waals surface area contributed by atoms with Crippen LogP contribution in [0.5, 0.6) is 0 Å². The van der Waals surface area contributed by atoms with E-state index >= 15 is 0 Å². The van der Waals surface area contributed by atoms with Gasteiger partial charge in [0.25, 0.3) is 0 Å². The van der Waals surface area contributed by atoms with Crippen molar-refractivity contribution in [1.29, 1.82) is 0 Å². The van der Waals surface area contributed by atoms with Gasteiger partial charge in [-0.3, -0.25) is 4.79 Å². The number of benzene rings is 2. The largest absolute Gasteiger partial charge is 0.478 e. The van der Waals surface area contributed by atoms with Gasteiger partial charge in [-0.05, 0) is 37.3 Å². The summed E-state index contributed by atoms with van der Waals surface area (Å²) in [5.41, 5.74) is 7.68. The second-order valence-electron chi connectivity index (χ2n) is 4.42. The molecule has 4 N–H and O–H groups in total. The van der Waals surface area contributed by atoms with E-state index in [-0.39, 0.29) is 5.56 Å². The maximum Gasteiger partial charge on any atom is 0.337 e. The van der Waals surface area contributed by atoms with Crippen LogP contribution in [0.25, 0.3) is 0 Å². The Labute approximate surface area is 116 Å². The molecule has 0 aliphatic carbocycles. The third-order valence-corrected chi connectivity index (χ3v) is 2.83. The number of rotatable bonds is 4. The van der Waals surface area contributed by atoms with Crippen molar-refractivity contribution in [3.8, 4) is 0 Å². The predicted molar refractivity (Wildman–Crippen MR) is 76.4 cm³/mol. The highest BCUT2D eigenvalue weighted by atomic mass is 16.4. The lowest BCUT2D eigenvalue weighted by Gasteiger charge is -2.11. The number of carbonyl (C=O) groups is 2. The maximum absolute atomic E-state index is 11.2. The second kappa shape index (κ2) is 5.44. The summed E-state index contributed by atoms with van der Waals surface area (Å²) in [6.45, 7) is 1.82. The third kappa shape index (κ3) is 2.95. The quantitative estimate of drug-likeness (QED) is 0.796. The van der Waals surface area contributed by atoms with Crippen molar-refractivity contribution in [2.45, 2.75) is 6.92 Å². The van der Waals surface area contributed by atoms with E-state index in [4.69, 9.17) is 5.73 Å². The molecule has 0 saturated carbocycles. The van der Waals surface area contributed by atoms with Crippen LogP contribution >= 0.6 is 0 Å². The van der Waals surface area contributed by atoms with Crippen LogP contribution in [0.15, 0.2) is 42.5 Å². The van der Waals surface area contributed by atoms with Gasteiger partial charge in [0.05, 0.1) is 11.3 Å².